The highest BCUT2D eigenvalue weighted by Crippen LogP contribution is 2.45. The van der Waals surface area contributed by atoms with Gasteiger partial charge in [0.15, 0.2) is 0 Å². The zero-order chi connectivity index (χ0) is 29.1. The first-order valence-electron chi connectivity index (χ1n) is 16.9. The fourth-order valence-electron chi connectivity index (χ4n) is 8.55. The summed E-state index contributed by atoms with van der Waals surface area (Å²) < 4.78 is 42.7. The summed E-state index contributed by atoms with van der Waals surface area (Å²) >= 11 is 0. The summed E-state index contributed by atoms with van der Waals surface area (Å²) in [5.74, 6) is 1.46. The molecular weight excluding hydrogens is 544 g/mol. The summed E-state index contributed by atoms with van der Waals surface area (Å²) in [7, 11) is -4.61. The van der Waals surface area contributed by atoms with Crippen molar-refractivity contribution in [1.29, 1.82) is 0 Å². The Labute approximate surface area is 252 Å². The molecule has 6 heteroatoms. The van der Waals surface area contributed by atoms with Crippen molar-refractivity contribution in [2.75, 3.05) is 0 Å². The first-order valence-corrected chi connectivity index (χ1v) is 18.3. The van der Waals surface area contributed by atoms with Crippen LogP contribution in [0.3, 0.4) is 0 Å². The average Bonchev–Trinajstić information content (AvgIpc) is 3.28. The Bertz CT molecular complexity index is 1340. The molecule has 0 N–H and O–H groups in total. The van der Waals surface area contributed by atoms with E-state index < -0.39 is 10.1 Å². The number of carbonyl (C=O) groups excluding carboxylic acids is 1. The topological polar surface area (TPSA) is 83.5 Å². The number of hydrogen-bond acceptors (Lipinski definition) is 5. The maximum atomic E-state index is 14.5. The van der Waals surface area contributed by atoms with Gasteiger partial charge in [-0.25, -0.2) is 13.2 Å². The van der Waals surface area contributed by atoms with Gasteiger partial charge in [0.1, 0.15) is 15.9 Å². The van der Waals surface area contributed by atoms with Crippen LogP contribution in [-0.2, 0) is 23.0 Å². The van der Waals surface area contributed by atoms with Crippen molar-refractivity contribution in [2.45, 2.75) is 151 Å². The third-order valence-electron chi connectivity index (χ3n) is 10.8. The predicted octanol–water partition coefficient (Wildman–Crippen LogP) is 9.22. The predicted molar refractivity (Wildman–Crippen MR) is 165 cm³/mol. The van der Waals surface area contributed by atoms with Gasteiger partial charge in [-0.15, -0.1) is 0 Å². The van der Waals surface area contributed by atoms with Crippen LogP contribution in [0.15, 0.2) is 29.2 Å². The summed E-state index contributed by atoms with van der Waals surface area (Å²) in [6.07, 6.45) is 21.9. The van der Waals surface area contributed by atoms with E-state index in [-0.39, 0.29) is 10.9 Å². The van der Waals surface area contributed by atoms with E-state index >= 15 is 0 Å². The summed E-state index contributed by atoms with van der Waals surface area (Å²) in [5.41, 5.74) is 5.92. The minimum atomic E-state index is -4.61. The molecule has 0 bridgehead atoms. The molecule has 0 saturated heterocycles. The number of benzene rings is 2. The third-order valence-corrected chi connectivity index (χ3v) is 11.7. The summed E-state index contributed by atoms with van der Waals surface area (Å²) in [4.78, 5) is 14.3. The van der Waals surface area contributed by atoms with Crippen LogP contribution in [0.4, 0.5) is 0 Å². The van der Waals surface area contributed by atoms with Gasteiger partial charge in [0, 0.05) is 0 Å². The average molecular weight is 592 g/mol. The van der Waals surface area contributed by atoms with E-state index in [0.717, 1.165) is 56.1 Å². The fraction of sp³-hybridized carbons (Fsp3) is 0.639. The molecule has 0 unspecified atom stereocenters. The minimum Gasteiger partial charge on any atom is -0.744 e. The molecule has 0 aliphatic heterocycles. The Balaban J connectivity index is 1.45. The van der Waals surface area contributed by atoms with E-state index in [9.17, 15) is 17.8 Å². The number of carbonyl (C=O) groups is 1. The number of rotatable bonds is 6. The maximum Gasteiger partial charge on any atom is 0.344 e. The molecule has 2 aromatic carbocycles. The van der Waals surface area contributed by atoms with E-state index in [2.05, 4.69) is 12.1 Å². The van der Waals surface area contributed by atoms with Gasteiger partial charge in [-0.3, -0.25) is 0 Å². The van der Waals surface area contributed by atoms with Crippen LogP contribution in [0, 0.1) is 0 Å². The molecule has 4 aliphatic rings. The Kier molecular flexibility index (Phi) is 9.40. The van der Waals surface area contributed by atoms with Crippen molar-refractivity contribution in [3.05, 3.63) is 57.6 Å². The molecule has 228 valence electrons. The fourth-order valence-corrected chi connectivity index (χ4v) is 9.31. The first-order chi connectivity index (χ1) is 20.4. The molecule has 3 saturated carbocycles. The van der Waals surface area contributed by atoms with Gasteiger partial charge in [-0.05, 0) is 122 Å². The summed E-state index contributed by atoms with van der Waals surface area (Å²) in [6, 6.07) is 7.71. The van der Waals surface area contributed by atoms with Gasteiger partial charge < -0.3 is 9.29 Å². The molecule has 2 aromatic rings. The Morgan fingerprint density at radius 3 is 1.64 bits per heavy atom. The zero-order valence-electron chi connectivity index (χ0n) is 25.1. The minimum absolute atomic E-state index is 0.151. The lowest BCUT2D eigenvalue weighted by Crippen LogP contribution is -2.22. The first kappa shape index (κ1) is 29.9. The van der Waals surface area contributed by atoms with E-state index in [1.807, 2.05) is 0 Å². The van der Waals surface area contributed by atoms with Crippen LogP contribution >= 0.6 is 0 Å². The standard InChI is InChI=1S/C36H48O5S/c37-36(41-33-21-22-34(42(38,39)40)30-20-12-4-11-19-29(30)33)35-31(26-15-7-2-8-16-26)23-28(25-13-5-1-6-14-25)24-32(35)27-17-9-3-10-18-27/h21-27H,1-20H2,(H,38,39,40)/p-1. The third kappa shape index (κ3) is 6.50. The smallest absolute Gasteiger partial charge is 0.344 e. The molecule has 6 rings (SSSR count). The van der Waals surface area contributed by atoms with Crippen LogP contribution in [0.2, 0.25) is 0 Å². The molecule has 0 radical (unpaired) electrons. The van der Waals surface area contributed by atoms with Crippen LogP contribution in [-0.4, -0.2) is 18.9 Å². The normalized spacial score (nSPS) is 21.5. The second-order valence-electron chi connectivity index (χ2n) is 13.5. The summed E-state index contributed by atoms with van der Waals surface area (Å²) in [6.45, 7) is 0. The lowest BCUT2D eigenvalue weighted by Gasteiger charge is -2.32. The SMILES string of the molecule is O=C(Oc1ccc(S(=O)(=O)[O-])c2c1CCCCC2)c1c(C2CCCCC2)cc(C2CCCCC2)cc1C1CCCCC1. The van der Waals surface area contributed by atoms with Crippen molar-refractivity contribution in [1.82, 2.24) is 0 Å². The van der Waals surface area contributed by atoms with Gasteiger partial charge in [0.05, 0.1) is 10.5 Å². The molecule has 0 aromatic heterocycles. The number of hydrogen-bond donors (Lipinski definition) is 0. The molecule has 3 fully saturated rings. The van der Waals surface area contributed by atoms with Gasteiger partial charge in [-0.2, -0.15) is 0 Å². The Morgan fingerprint density at radius 2 is 1.12 bits per heavy atom. The van der Waals surface area contributed by atoms with Gasteiger partial charge >= 0.3 is 5.97 Å². The monoisotopic (exact) mass is 591 g/mol. The zero-order valence-corrected chi connectivity index (χ0v) is 25.9. The van der Waals surface area contributed by atoms with Crippen LogP contribution < -0.4 is 4.74 Å². The lowest BCUT2D eigenvalue weighted by molar-refractivity contribution is 0.0728. The van der Waals surface area contributed by atoms with Gasteiger partial charge in [0.2, 0.25) is 0 Å². The van der Waals surface area contributed by atoms with Crippen molar-refractivity contribution in [3.63, 3.8) is 0 Å². The largest absolute Gasteiger partial charge is 0.744 e. The number of ether oxygens (including phenoxy) is 1. The molecule has 0 atom stereocenters. The Morgan fingerprint density at radius 1 is 0.643 bits per heavy atom. The van der Waals surface area contributed by atoms with Crippen molar-refractivity contribution in [2.24, 2.45) is 0 Å². The number of fused-ring (bicyclic) bond motifs is 1. The van der Waals surface area contributed by atoms with Crippen molar-refractivity contribution >= 4 is 16.1 Å². The highest BCUT2D eigenvalue weighted by molar-refractivity contribution is 7.85. The maximum absolute atomic E-state index is 14.5. The molecule has 0 spiro atoms. The molecule has 0 heterocycles. The van der Waals surface area contributed by atoms with E-state index in [1.54, 1.807) is 6.07 Å². The molecule has 5 nitrogen and oxygen atoms in total. The number of esters is 1. The van der Waals surface area contributed by atoms with Crippen molar-refractivity contribution in [3.8, 4) is 5.75 Å². The van der Waals surface area contributed by atoms with Crippen LogP contribution in [0.1, 0.15) is 172 Å². The Hall–Kier alpha value is -2.18. The molecule has 4 aliphatic carbocycles. The van der Waals surface area contributed by atoms with Crippen LogP contribution in [0.5, 0.6) is 5.75 Å². The second-order valence-corrected chi connectivity index (χ2v) is 14.9. The van der Waals surface area contributed by atoms with Gasteiger partial charge in [0.25, 0.3) is 0 Å². The van der Waals surface area contributed by atoms with Crippen molar-refractivity contribution < 1.29 is 22.5 Å². The summed E-state index contributed by atoms with van der Waals surface area (Å²) in [5, 5.41) is 0. The molecule has 42 heavy (non-hydrogen) atoms. The quantitative estimate of drug-likeness (QED) is 0.145. The highest BCUT2D eigenvalue weighted by atomic mass is 32.2. The second kappa shape index (κ2) is 13.2. The van der Waals surface area contributed by atoms with E-state index in [4.69, 9.17) is 4.74 Å². The van der Waals surface area contributed by atoms with Crippen LogP contribution in [0.25, 0.3) is 0 Å². The van der Waals surface area contributed by atoms with Gasteiger partial charge in [-0.1, -0.05) is 76.3 Å². The van der Waals surface area contributed by atoms with E-state index in [1.165, 1.54) is 93.4 Å². The van der Waals surface area contributed by atoms with E-state index in [0.29, 0.717) is 41.9 Å². The lowest BCUT2D eigenvalue weighted by atomic mass is 9.73. The highest BCUT2D eigenvalue weighted by Gasteiger charge is 2.32. The molecular formula is C36H47O5S-. The molecule has 0 amide bonds.